The third-order valence-electron chi connectivity index (χ3n) is 5.80. The van der Waals surface area contributed by atoms with Gasteiger partial charge in [-0.3, -0.25) is 4.79 Å². The van der Waals surface area contributed by atoms with Gasteiger partial charge in [0.05, 0.1) is 24.8 Å². The number of nitrogens with one attached hydrogen (secondary N) is 1. The number of ether oxygens (including phenoxy) is 2. The third-order valence-corrected chi connectivity index (χ3v) is 8.90. The summed E-state index contributed by atoms with van der Waals surface area (Å²) in [4.78, 5) is 13.5. The molecule has 4 rings (SSSR count). The molecule has 0 unspecified atom stereocenters. The molecule has 0 spiro atoms. The summed E-state index contributed by atoms with van der Waals surface area (Å²) in [5, 5.41) is 3.53. The van der Waals surface area contributed by atoms with E-state index in [9.17, 15) is 13.2 Å². The minimum atomic E-state index is -4.09. The van der Waals surface area contributed by atoms with Crippen molar-refractivity contribution >= 4 is 43.3 Å². The average Bonchev–Trinajstić information content (AvgIpc) is 3.22. The molecule has 0 fully saturated rings. The molecule has 3 aromatic carbocycles. The number of anilines is 3. The van der Waals surface area contributed by atoms with Crippen molar-refractivity contribution in [3.05, 3.63) is 88.3 Å². The van der Waals surface area contributed by atoms with E-state index in [2.05, 4.69) is 5.32 Å². The molecular formula is C27H26N2O5S2. The second-order valence-electron chi connectivity index (χ2n) is 8.13. The predicted molar refractivity (Wildman–Crippen MR) is 143 cm³/mol. The maximum absolute atomic E-state index is 13.8. The van der Waals surface area contributed by atoms with Crippen LogP contribution in [0.3, 0.4) is 0 Å². The van der Waals surface area contributed by atoms with Crippen LogP contribution in [0.1, 0.15) is 26.4 Å². The summed E-state index contributed by atoms with van der Waals surface area (Å²) in [6.07, 6.45) is 0. The van der Waals surface area contributed by atoms with Crippen LogP contribution in [0.5, 0.6) is 11.5 Å². The van der Waals surface area contributed by atoms with Gasteiger partial charge in [0.25, 0.3) is 0 Å². The van der Waals surface area contributed by atoms with E-state index in [0.29, 0.717) is 17.1 Å². The first-order valence-corrected chi connectivity index (χ1v) is 13.3. The Balaban J connectivity index is 1.90. The van der Waals surface area contributed by atoms with Crippen molar-refractivity contribution in [3.63, 3.8) is 0 Å². The van der Waals surface area contributed by atoms with E-state index in [1.54, 1.807) is 36.4 Å². The van der Waals surface area contributed by atoms with Crippen molar-refractivity contribution < 1.29 is 22.7 Å². The highest BCUT2D eigenvalue weighted by atomic mass is 32.2. The fraction of sp³-hybridized carbons (Fsp3) is 0.148. The summed E-state index contributed by atoms with van der Waals surface area (Å²) < 4.78 is 38.0. The molecule has 4 aromatic rings. The number of aryl methyl sites for hydroxylation is 2. The lowest BCUT2D eigenvalue weighted by Crippen LogP contribution is -2.09. The highest BCUT2D eigenvalue weighted by Gasteiger charge is 2.32. The van der Waals surface area contributed by atoms with Crippen LogP contribution in [0, 0.1) is 13.8 Å². The molecule has 0 saturated heterocycles. The second-order valence-corrected chi connectivity index (χ2v) is 11.0. The number of sulfone groups is 1. The standard InChI is InChI=1S/C27H26N2O5S2/c1-16-7-5-8-17(2)23(16)29-27-26(36(31,32)21-13-11-19(33-3)12-14-21)22(28)25(35-27)24(30)18-9-6-10-20(15-18)34-4/h5-15,29H,28H2,1-4H3. The number of carbonyl (C=O) groups excluding carboxylic acids is 1. The molecule has 0 atom stereocenters. The van der Waals surface area contributed by atoms with Crippen LogP contribution in [0.2, 0.25) is 0 Å². The summed E-state index contributed by atoms with van der Waals surface area (Å²) in [5.41, 5.74) is 9.29. The van der Waals surface area contributed by atoms with Crippen LogP contribution in [-0.2, 0) is 9.84 Å². The normalized spacial score (nSPS) is 11.2. The number of thiophene rings is 1. The van der Waals surface area contributed by atoms with Crippen molar-refractivity contribution in [2.75, 3.05) is 25.3 Å². The fourth-order valence-electron chi connectivity index (χ4n) is 3.84. The Kier molecular flexibility index (Phi) is 7.05. The van der Waals surface area contributed by atoms with E-state index in [1.165, 1.54) is 26.4 Å². The number of hydrogen-bond acceptors (Lipinski definition) is 8. The van der Waals surface area contributed by atoms with Gasteiger partial charge < -0.3 is 20.5 Å². The molecule has 0 aliphatic heterocycles. The number of carbonyl (C=O) groups is 1. The lowest BCUT2D eigenvalue weighted by molar-refractivity contribution is 0.104. The van der Waals surface area contributed by atoms with E-state index < -0.39 is 15.6 Å². The Morgan fingerprint density at radius 3 is 2.11 bits per heavy atom. The summed E-state index contributed by atoms with van der Waals surface area (Å²) >= 11 is 1.01. The number of para-hydroxylation sites is 1. The van der Waals surface area contributed by atoms with Crippen molar-refractivity contribution in [3.8, 4) is 11.5 Å². The lowest BCUT2D eigenvalue weighted by atomic mass is 10.1. The Morgan fingerprint density at radius 2 is 1.50 bits per heavy atom. The lowest BCUT2D eigenvalue weighted by Gasteiger charge is -2.14. The minimum Gasteiger partial charge on any atom is -0.497 e. The zero-order valence-corrected chi connectivity index (χ0v) is 21.9. The van der Waals surface area contributed by atoms with E-state index in [-0.39, 0.29) is 25.4 Å². The number of benzene rings is 3. The van der Waals surface area contributed by atoms with Crippen molar-refractivity contribution in [1.82, 2.24) is 0 Å². The number of nitrogen functional groups attached to an aromatic ring is 1. The highest BCUT2D eigenvalue weighted by molar-refractivity contribution is 7.92. The molecule has 0 amide bonds. The smallest absolute Gasteiger partial charge is 0.211 e. The van der Waals surface area contributed by atoms with E-state index >= 15 is 0 Å². The van der Waals surface area contributed by atoms with Crippen LogP contribution in [0.15, 0.2) is 76.5 Å². The van der Waals surface area contributed by atoms with Gasteiger partial charge >= 0.3 is 0 Å². The first-order valence-electron chi connectivity index (χ1n) is 11.0. The van der Waals surface area contributed by atoms with Crippen LogP contribution in [-0.4, -0.2) is 28.4 Å². The molecule has 3 N–H and O–H groups in total. The van der Waals surface area contributed by atoms with Crippen molar-refractivity contribution in [1.29, 1.82) is 0 Å². The molecule has 1 aromatic heterocycles. The van der Waals surface area contributed by atoms with Gasteiger partial charge in [-0.05, 0) is 61.4 Å². The molecule has 0 bridgehead atoms. The first-order chi connectivity index (χ1) is 17.2. The molecule has 0 radical (unpaired) electrons. The van der Waals surface area contributed by atoms with E-state index in [0.717, 1.165) is 28.2 Å². The Hall–Kier alpha value is -3.82. The van der Waals surface area contributed by atoms with E-state index in [4.69, 9.17) is 15.2 Å². The van der Waals surface area contributed by atoms with E-state index in [1.807, 2.05) is 32.0 Å². The SMILES string of the molecule is COc1ccc(S(=O)(=O)c2c(Nc3c(C)cccc3C)sc(C(=O)c3cccc(OC)c3)c2N)cc1. The molecule has 36 heavy (non-hydrogen) atoms. The van der Waals surface area contributed by atoms with Crippen molar-refractivity contribution in [2.45, 2.75) is 23.6 Å². The predicted octanol–water partition coefficient (Wildman–Crippen LogP) is 5.77. The van der Waals surface area contributed by atoms with Gasteiger partial charge in [0.15, 0.2) is 0 Å². The van der Waals surface area contributed by atoms with Gasteiger partial charge in [-0.25, -0.2) is 8.42 Å². The minimum absolute atomic E-state index is 0.0396. The number of methoxy groups -OCH3 is 2. The average molecular weight is 523 g/mol. The van der Waals surface area contributed by atoms with Crippen LogP contribution >= 0.6 is 11.3 Å². The number of ketones is 1. The van der Waals surface area contributed by atoms with Gasteiger partial charge in [0.2, 0.25) is 15.6 Å². The van der Waals surface area contributed by atoms with Crippen molar-refractivity contribution in [2.24, 2.45) is 0 Å². The molecule has 0 aliphatic rings. The Morgan fingerprint density at radius 1 is 0.889 bits per heavy atom. The quantitative estimate of drug-likeness (QED) is 0.283. The molecule has 1 heterocycles. The topological polar surface area (TPSA) is 108 Å². The zero-order valence-electron chi connectivity index (χ0n) is 20.3. The maximum atomic E-state index is 13.8. The Labute approximate surface area is 214 Å². The largest absolute Gasteiger partial charge is 0.497 e. The summed E-state index contributed by atoms with van der Waals surface area (Å²) in [6, 6.07) is 18.5. The molecule has 0 aliphatic carbocycles. The summed E-state index contributed by atoms with van der Waals surface area (Å²) in [6.45, 7) is 3.85. The number of hydrogen-bond donors (Lipinski definition) is 2. The van der Waals surface area contributed by atoms with Crippen LogP contribution in [0.25, 0.3) is 0 Å². The molecule has 0 saturated carbocycles. The van der Waals surface area contributed by atoms with Gasteiger partial charge in [0.1, 0.15) is 26.3 Å². The van der Waals surface area contributed by atoms with Crippen LogP contribution < -0.4 is 20.5 Å². The van der Waals surface area contributed by atoms with Gasteiger partial charge in [0, 0.05) is 11.3 Å². The third kappa shape index (κ3) is 4.67. The number of nitrogens with two attached hydrogens (primary N) is 1. The monoisotopic (exact) mass is 522 g/mol. The van der Waals surface area contributed by atoms with Crippen LogP contribution in [0.4, 0.5) is 16.4 Å². The fourth-order valence-corrected chi connectivity index (χ4v) is 6.76. The molecule has 7 nitrogen and oxygen atoms in total. The molecule has 9 heteroatoms. The van der Waals surface area contributed by atoms with Gasteiger partial charge in [-0.15, -0.1) is 11.3 Å². The zero-order chi connectivity index (χ0) is 26.0. The summed E-state index contributed by atoms with van der Waals surface area (Å²) in [5.74, 6) is 0.642. The Bertz CT molecular complexity index is 1520. The maximum Gasteiger partial charge on any atom is 0.211 e. The molecular weight excluding hydrogens is 496 g/mol. The first kappa shape index (κ1) is 25.3. The summed E-state index contributed by atoms with van der Waals surface area (Å²) in [7, 11) is -1.08. The second kappa shape index (κ2) is 10.0. The van der Waals surface area contributed by atoms with Gasteiger partial charge in [-0.2, -0.15) is 0 Å². The van der Waals surface area contributed by atoms with Gasteiger partial charge in [-0.1, -0.05) is 30.3 Å². The number of rotatable bonds is 8. The highest BCUT2D eigenvalue weighted by Crippen LogP contribution is 2.45. The molecule has 186 valence electrons.